The number of nitrogens with zero attached hydrogens (tertiary/aromatic N) is 3. The van der Waals surface area contributed by atoms with E-state index in [1.165, 1.54) is 19.3 Å². The first-order chi connectivity index (χ1) is 12.8. The number of guanidine groups is 1. The van der Waals surface area contributed by atoms with E-state index in [-0.39, 0.29) is 30.0 Å². The predicted octanol–water partition coefficient (Wildman–Crippen LogP) is 3.32. The smallest absolute Gasteiger partial charge is 0.191 e. The van der Waals surface area contributed by atoms with Crippen molar-refractivity contribution in [1.82, 2.24) is 20.4 Å². The second-order valence-corrected chi connectivity index (χ2v) is 6.85. The van der Waals surface area contributed by atoms with Crippen molar-refractivity contribution >= 4 is 29.9 Å². The maximum absolute atomic E-state index is 5.70. The monoisotopic (exact) mass is 491 g/mol. The molecule has 0 aliphatic carbocycles. The highest BCUT2D eigenvalue weighted by atomic mass is 127. The molecule has 1 aliphatic rings. The van der Waals surface area contributed by atoms with Crippen LogP contribution in [0.5, 0.6) is 0 Å². The number of rotatable bonds is 11. The van der Waals surface area contributed by atoms with Crippen LogP contribution in [0.1, 0.15) is 51.8 Å². The summed E-state index contributed by atoms with van der Waals surface area (Å²) >= 11 is 0. The molecule has 1 saturated heterocycles. The van der Waals surface area contributed by atoms with Crippen molar-refractivity contribution in [3.63, 3.8) is 0 Å². The van der Waals surface area contributed by atoms with Gasteiger partial charge in [-0.3, -0.25) is 9.89 Å². The number of hydrogen-bond acceptors (Lipinski definition) is 4. The van der Waals surface area contributed by atoms with Crippen molar-refractivity contribution in [3.05, 3.63) is 24.2 Å². The van der Waals surface area contributed by atoms with Crippen LogP contribution in [0.3, 0.4) is 0 Å². The molecule has 0 saturated carbocycles. The Morgan fingerprint density at radius 3 is 2.59 bits per heavy atom. The highest BCUT2D eigenvalue weighted by molar-refractivity contribution is 14.0. The van der Waals surface area contributed by atoms with E-state index in [4.69, 9.17) is 9.41 Å². The average molecular weight is 491 g/mol. The highest BCUT2D eigenvalue weighted by Crippen LogP contribution is 2.25. The summed E-state index contributed by atoms with van der Waals surface area (Å²) in [6.07, 6.45) is 5.49. The van der Waals surface area contributed by atoms with Crippen molar-refractivity contribution in [2.75, 3.05) is 52.4 Å². The van der Waals surface area contributed by atoms with E-state index in [9.17, 15) is 0 Å². The summed E-state index contributed by atoms with van der Waals surface area (Å²) in [5.41, 5.74) is 0. The fourth-order valence-corrected chi connectivity index (χ4v) is 3.52. The van der Waals surface area contributed by atoms with E-state index in [1.807, 2.05) is 6.07 Å². The molecule has 2 heterocycles. The molecular formula is C20H38IN5O. The molecule has 0 spiro atoms. The van der Waals surface area contributed by atoms with E-state index >= 15 is 0 Å². The molecule has 0 radical (unpaired) electrons. The summed E-state index contributed by atoms with van der Waals surface area (Å²) < 4.78 is 5.70. The molecule has 2 rings (SSSR count). The molecule has 7 heteroatoms. The normalized spacial score (nSPS) is 16.4. The first-order valence-corrected chi connectivity index (χ1v) is 10.3. The number of hydrogen-bond donors (Lipinski definition) is 2. The van der Waals surface area contributed by atoms with E-state index in [2.05, 4.69) is 47.3 Å². The molecule has 1 aromatic heterocycles. The summed E-state index contributed by atoms with van der Waals surface area (Å²) in [6, 6.07) is 4.27. The third-order valence-corrected chi connectivity index (χ3v) is 4.93. The molecule has 1 atom stereocenters. The van der Waals surface area contributed by atoms with Gasteiger partial charge in [-0.05, 0) is 64.5 Å². The topological polar surface area (TPSA) is 56.0 Å². The molecule has 1 aromatic rings. The number of nitrogens with one attached hydrogen (secondary N) is 2. The molecule has 27 heavy (non-hydrogen) atoms. The van der Waals surface area contributed by atoms with Crippen LogP contribution in [-0.4, -0.2) is 68.1 Å². The van der Waals surface area contributed by atoms with E-state index in [0.29, 0.717) is 0 Å². The van der Waals surface area contributed by atoms with Crippen molar-refractivity contribution in [1.29, 1.82) is 0 Å². The number of likely N-dealkylation sites (tertiary alicyclic amines) is 1. The van der Waals surface area contributed by atoms with Crippen LogP contribution in [0.25, 0.3) is 0 Å². The summed E-state index contributed by atoms with van der Waals surface area (Å²) in [7, 11) is 0. The van der Waals surface area contributed by atoms with Gasteiger partial charge in [0.1, 0.15) is 5.76 Å². The van der Waals surface area contributed by atoms with Gasteiger partial charge in [0.25, 0.3) is 0 Å². The largest absolute Gasteiger partial charge is 0.468 e. The fraction of sp³-hybridized carbons (Fsp3) is 0.750. The van der Waals surface area contributed by atoms with E-state index in [1.54, 1.807) is 6.26 Å². The Morgan fingerprint density at radius 2 is 2.00 bits per heavy atom. The predicted molar refractivity (Wildman–Crippen MR) is 124 cm³/mol. The van der Waals surface area contributed by atoms with Crippen molar-refractivity contribution in [2.45, 2.75) is 46.1 Å². The first-order valence-electron chi connectivity index (χ1n) is 10.3. The first kappa shape index (κ1) is 24.2. The lowest BCUT2D eigenvalue weighted by Crippen LogP contribution is -2.42. The van der Waals surface area contributed by atoms with Gasteiger partial charge < -0.3 is 20.0 Å². The number of furan rings is 1. The molecule has 0 aromatic carbocycles. The van der Waals surface area contributed by atoms with Crippen LogP contribution in [0.2, 0.25) is 0 Å². The van der Waals surface area contributed by atoms with Crippen LogP contribution in [0.4, 0.5) is 0 Å². The zero-order chi connectivity index (χ0) is 18.6. The van der Waals surface area contributed by atoms with Gasteiger partial charge in [-0.2, -0.15) is 0 Å². The summed E-state index contributed by atoms with van der Waals surface area (Å²) in [6.45, 7) is 14.6. The van der Waals surface area contributed by atoms with Gasteiger partial charge >= 0.3 is 0 Å². The van der Waals surface area contributed by atoms with Gasteiger partial charge in [0.05, 0.1) is 18.8 Å². The number of aliphatic imine (C=N–C) groups is 1. The third-order valence-electron chi connectivity index (χ3n) is 4.93. The quantitative estimate of drug-likeness (QED) is 0.283. The van der Waals surface area contributed by atoms with Gasteiger partial charge in [0.2, 0.25) is 0 Å². The zero-order valence-corrected chi connectivity index (χ0v) is 19.6. The lowest BCUT2D eigenvalue weighted by molar-refractivity contribution is 0.221. The zero-order valence-electron chi connectivity index (χ0n) is 17.2. The minimum absolute atomic E-state index is 0. The molecule has 2 N–H and O–H groups in total. The number of likely N-dealkylation sites (N-methyl/N-ethyl adjacent to an activating group) is 1. The minimum Gasteiger partial charge on any atom is -0.468 e. The summed E-state index contributed by atoms with van der Waals surface area (Å²) in [5, 5.41) is 6.85. The molecule has 6 nitrogen and oxygen atoms in total. The van der Waals surface area contributed by atoms with Crippen molar-refractivity contribution in [3.8, 4) is 0 Å². The van der Waals surface area contributed by atoms with Crippen LogP contribution in [0.15, 0.2) is 27.8 Å². The van der Waals surface area contributed by atoms with Gasteiger partial charge in [-0.25, -0.2) is 0 Å². The molecule has 0 amide bonds. The highest BCUT2D eigenvalue weighted by Gasteiger charge is 2.25. The molecule has 1 unspecified atom stereocenters. The Bertz CT molecular complexity index is 502. The van der Waals surface area contributed by atoms with Gasteiger partial charge in [-0.1, -0.05) is 13.8 Å². The second kappa shape index (κ2) is 14.2. The summed E-state index contributed by atoms with van der Waals surface area (Å²) in [4.78, 5) is 9.81. The Labute approximate surface area is 182 Å². The standard InChI is InChI=1S/C20H37N5O.HI/c1-4-12-24(6-3)15-11-22-20(21-5-2)23-17-18(19-10-9-16-26-19)25-13-7-8-14-25;/h9-10,16,18H,4-8,11-15,17H2,1-3H3,(H2,21,22,23);1H. The third kappa shape index (κ3) is 8.39. The SMILES string of the molecule is CCCN(CC)CCNC(=NCC(c1ccco1)N1CCCC1)NCC.I. The average Bonchev–Trinajstić information content (AvgIpc) is 3.35. The molecule has 156 valence electrons. The minimum atomic E-state index is 0. The molecule has 1 fully saturated rings. The second-order valence-electron chi connectivity index (χ2n) is 6.85. The molecular weight excluding hydrogens is 453 g/mol. The summed E-state index contributed by atoms with van der Waals surface area (Å²) in [5.74, 6) is 1.92. The fourth-order valence-electron chi connectivity index (χ4n) is 3.52. The van der Waals surface area contributed by atoms with Crippen LogP contribution < -0.4 is 10.6 Å². The maximum Gasteiger partial charge on any atom is 0.191 e. The van der Waals surface area contributed by atoms with E-state index < -0.39 is 0 Å². The number of halogens is 1. The van der Waals surface area contributed by atoms with Crippen molar-refractivity contribution < 1.29 is 4.42 Å². The Hall–Kier alpha value is -0.800. The lowest BCUT2D eigenvalue weighted by atomic mass is 10.2. The van der Waals surface area contributed by atoms with Crippen LogP contribution in [-0.2, 0) is 0 Å². The molecule has 0 bridgehead atoms. The van der Waals surface area contributed by atoms with Crippen LogP contribution in [0, 0.1) is 0 Å². The lowest BCUT2D eigenvalue weighted by Gasteiger charge is -2.25. The maximum atomic E-state index is 5.70. The van der Waals surface area contributed by atoms with Gasteiger partial charge in [0, 0.05) is 19.6 Å². The van der Waals surface area contributed by atoms with E-state index in [0.717, 1.165) is 64.1 Å². The Morgan fingerprint density at radius 1 is 1.22 bits per heavy atom. The van der Waals surface area contributed by atoms with Crippen LogP contribution >= 0.6 is 24.0 Å². The molecule has 1 aliphatic heterocycles. The van der Waals surface area contributed by atoms with Crippen molar-refractivity contribution in [2.24, 2.45) is 4.99 Å². The van der Waals surface area contributed by atoms with Gasteiger partial charge in [0.15, 0.2) is 5.96 Å². The Balaban J connectivity index is 0.00000364. The van der Waals surface area contributed by atoms with Gasteiger partial charge in [-0.15, -0.1) is 24.0 Å². The Kier molecular flexibility index (Phi) is 12.8.